The van der Waals surface area contributed by atoms with Gasteiger partial charge in [0.05, 0.1) is 4.43 Å². The molecule has 0 spiro atoms. The van der Waals surface area contributed by atoms with E-state index in [9.17, 15) is 10.1 Å². The number of benzene rings is 1. The van der Waals surface area contributed by atoms with E-state index in [1.54, 1.807) is 18.2 Å². The second kappa shape index (κ2) is 3.24. The van der Waals surface area contributed by atoms with Crippen molar-refractivity contribution in [2.75, 3.05) is 0 Å². The molecule has 1 aromatic heterocycles. The van der Waals surface area contributed by atoms with Gasteiger partial charge in [0, 0.05) is 11.0 Å². The number of aryl methyl sites for hydroxylation is 1. The fourth-order valence-corrected chi connectivity index (χ4v) is 1.65. The number of aromatic nitrogens is 2. The molecule has 2 aromatic rings. The molecule has 0 N–H and O–H groups in total. The number of hydrogen-bond donors (Lipinski definition) is 0. The molecule has 0 radical (unpaired) electrons. The van der Waals surface area contributed by atoms with E-state index in [1.807, 2.05) is 6.92 Å². The van der Waals surface area contributed by atoms with Crippen LogP contribution in [0.1, 0.15) is 11.3 Å². The highest BCUT2D eigenvalue weighted by Crippen LogP contribution is 2.17. The Morgan fingerprint density at radius 3 is 2.73 bits per heavy atom. The zero-order valence-corrected chi connectivity index (χ0v) is 9.08. The lowest BCUT2D eigenvalue weighted by Gasteiger charge is -2.14. The third-order valence-corrected chi connectivity index (χ3v) is 2.78. The maximum atomic E-state index is 11.7. The van der Waals surface area contributed by atoms with Crippen LogP contribution >= 0.6 is 11.6 Å². The number of nitrogens with zero attached hydrogens (tertiary/aromatic N) is 2. The zero-order valence-electron chi connectivity index (χ0n) is 8.32. The standard InChI is InChI=1S/C10H9ClN2O2/c1-6-3-4-8-9(5-6)13(15)10(11)7(2)12(8)14/h3-5H,1-2H3. The summed E-state index contributed by atoms with van der Waals surface area (Å²) in [5, 5.41) is 11.6. The Kier molecular flexibility index (Phi) is 2.16. The summed E-state index contributed by atoms with van der Waals surface area (Å²) in [6.45, 7) is 3.37. The van der Waals surface area contributed by atoms with Gasteiger partial charge in [0.2, 0.25) is 0 Å². The maximum Gasteiger partial charge on any atom is 0.350 e. The summed E-state index contributed by atoms with van der Waals surface area (Å²) in [6, 6.07) is 5.04. The van der Waals surface area contributed by atoms with Crippen molar-refractivity contribution in [3.63, 3.8) is 0 Å². The molecule has 0 bridgehead atoms. The minimum Gasteiger partial charge on any atom is -0.805 e. The molecular weight excluding hydrogens is 216 g/mol. The first-order valence-corrected chi connectivity index (χ1v) is 4.81. The lowest BCUT2D eigenvalue weighted by Crippen LogP contribution is -2.21. The Bertz CT molecular complexity index is 604. The van der Waals surface area contributed by atoms with Crippen molar-refractivity contribution in [2.45, 2.75) is 13.8 Å². The molecule has 0 amide bonds. The molecule has 0 aliphatic heterocycles. The first kappa shape index (κ1) is 9.98. The van der Waals surface area contributed by atoms with Crippen LogP contribution in [-0.4, -0.2) is 4.73 Å². The highest BCUT2D eigenvalue weighted by Gasteiger charge is 2.17. The molecule has 0 saturated carbocycles. The summed E-state index contributed by atoms with van der Waals surface area (Å²) < 4.78 is 1.25. The van der Waals surface area contributed by atoms with Crippen LogP contribution in [0, 0.1) is 24.0 Å². The van der Waals surface area contributed by atoms with Crippen LogP contribution in [0.2, 0.25) is 5.15 Å². The first-order chi connectivity index (χ1) is 7.02. The third-order valence-electron chi connectivity index (χ3n) is 2.35. The first-order valence-electron chi connectivity index (χ1n) is 4.44. The minimum atomic E-state index is -0.0805. The van der Waals surface area contributed by atoms with Crippen LogP contribution in [0.5, 0.6) is 0 Å². The number of halogens is 1. The highest BCUT2D eigenvalue weighted by atomic mass is 35.5. The molecule has 0 aliphatic rings. The van der Waals surface area contributed by atoms with E-state index in [4.69, 9.17) is 11.6 Å². The van der Waals surface area contributed by atoms with Crippen LogP contribution in [0.4, 0.5) is 0 Å². The fourth-order valence-electron chi connectivity index (χ4n) is 1.49. The average molecular weight is 225 g/mol. The molecule has 5 heteroatoms. The van der Waals surface area contributed by atoms with Gasteiger partial charge in [-0.2, -0.15) is 0 Å². The minimum absolute atomic E-state index is 0.0805. The second-order valence-electron chi connectivity index (χ2n) is 3.46. The molecule has 15 heavy (non-hydrogen) atoms. The van der Waals surface area contributed by atoms with E-state index in [2.05, 4.69) is 0 Å². The normalized spacial score (nSPS) is 10.9. The van der Waals surface area contributed by atoms with Gasteiger partial charge in [0.15, 0.2) is 0 Å². The maximum absolute atomic E-state index is 11.7. The molecule has 0 unspecified atom stereocenters. The quantitative estimate of drug-likeness (QED) is 0.644. The van der Waals surface area contributed by atoms with Gasteiger partial charge < -0.3 is 9.94 Å². The molecule has 78 valence electrons. The Hall–Kier alpha value is -1.55. The van der Waals surface area contributed by atoms with Crippen LogP contribution in [0.15, 0.2) is 18.2 Å². The highest BCUT2D eigenvalue weighted by molar-refractivity contribution is 6.29. The van der Waals surface area contributed by atoms with Gasteiger partial charge in [0.1, 0.15) is 11.2 Å². The average Bonchev–Trinajstić information content (AvgIpc) is 2.23. The lowest BCUT2D eigenvalue weighted by molar-refractivity contribution is -0.462. The summed E-state index contributed by atoms with van der Waals surface area (Å²) in [4.78, 5) is 11.7. The van der Waals surface area contributed by atoms with Crippen molar-refractivity contribution in [1.29, 1.82) is 0 Å². The molecule has 4 nitrogen and oxygen atoms in total. The van der Waals surface area contributed by atoms with Crippen LogP contribution in [0.25, 0.3) is 11.0 Å². The zero-order chi connectivity index (χ0) is 11.2. The van der Waals surface area contributed by atoms with Gasteiger partial charge in [-0.25, -0.2) is 0 Å². The lowest BCUT2D eigenvalue weighted by atomic mass is 10.2. The number of fused-ring (bicyclic) bond motifs is 1. The molecule has 0 saturated heterocycles. The Labute approximate surface area is 90.9 Å². The number of rotatable bonds is 0. The molecule has 0 aliphatic carbocycles. The molecule has 2 rings (SSSR count). The largest absolute Gasteiger partial charge is 0.805 e. The predicted molar refractivity (Wildman–Crippen MR) is 58.6 cm³/mol. The Morgan fingerprint density at radius 1 is 1.40 bits per heavy atom. The van der Waals surface area contributed by atoms with Gasteiger partial charge in [-0.05, 0) is 37.1 Å². The van der Waals surface area contributed by atoms with Gasteiger partial charge >= 0.3 is 5.15 Å². The smallest absolute Gasteiger partial charge is 0.350 e. The molecular formula is C10H9ClN2O2. The molecule has 1 heterocycles. The fraction of sp³-hybridized carbons (Fsp3) is 0.200. The van der Waals surface area contributed by atoms with Crippen molar-refractivity contribution in [1.82, 2.24) is 4.73 Å². The summed E-state index contributed by atoms with van der Waals surface area (Å²) in [5.74, 6) is 0. The molecule has 1 aromatic carbocycles. The van der Waals surface area contributed by atoms with E-state index in [0.29, 0.717) is 20.2 Å². The van der Waals surface area contributed by atoms with Crippen LogP contribution < -0.4 is 4.43 Å². The van der Waals surface area contributed by atoms with E-state index >= 15 is 0 Å². The van der Waals surface area contributed by atoms with Gasteiger partial charge in [-0.15, -0.1) is 0 Å². The van der Waals surface area contributed by atoms with Crippen molar-refractivity contribution >= 4 is 22.6 Å². The third kappa shape index (κ3) is 1.37. The van der Waals surface area contributed by atoms with Crippen molar-refractivity contribution in [3.05, 3.63) is 44.7 Å². The van der Waals surface area contributed by atoms with Gasteiger partial charge in [-0.3, -0.25) is 0 Å². The topological polar surface area (TPSA) is 51.0 Å². The van der Waals surface area contributed by atoms with Gasteiger partial charge in [0.25, 0.3) is 5.52 Å². The summed E-state index contributed by atoms with van der Waals surface area (Å²) in [5.41, 5.74) is 1.74. The van der Waals surface area contributed by atoms with Crippen molar-refractivity contribution < 1.29 is 4.43 Å². The summed E-state index contributed by atoms with van der Waals surface area (Å²) >= 11 is 5.74. The van der Waals surface area contributed by atoms with Crippen molar-refractivity contribution in [3.8, 4) is 0 Å². The van der Waals surface area contributed by atoms with E-state index < -0.39 is 0 Å². The Balaban J connectivity index is 3.08. The Morgan fingerprint density at radius 2 is 2.07 bits per heavy atom. The van der Waals surface area contributed by atoms with Crippen LogP contribution in [0.3, 0.4) is 0 Å². The van der Waals surface area contributed by atoms with E-state index in [0.717, 1.165) is 5.56 Å². The molecule has 0 atom stereocenters. The SMILES string of the molecule is Cc1ccc2c(c1)[n+](=O)c(Cl)c(C)n2[O-]. The predicted octanol–water partition coefficient (Wildman–Crippen LogP) is 2.17. The van der Waals surface area contributed by atoms with Gasteiger partial charge in [-0.1, -0.05) is 6.07 Å². The monoisotopic (exact) mass is 224 g/mol. The summed E-state index contributed by atoms with van der Waals surface area (Å²) in [6.07, 6.45) is 0. The van der Waals surface area contributed by atoms with E-state index in [-0.39, 0.29) is 10.8 Å². The van der Waals surface area contributed by atoms with E-state index in [1.165, 1.54) is 6.92 Å². The van der Waals surface area contributed by atoms with Crippen molar-refractivity contribution in [2.24, 2.45) is 0 Å². The second-order valence-corrected chi connectivity index (χ2v) is 3.82. The van der Waals surface area contributed by atoms with Crippen LogP contribution in [-0.2, 0) is 0 Å². The summed E-state index contributed by atoms with van der Waals surface area (Å²) in [7, 11) is 0. The molecule has 0 fully saturated rings. The number of hydrogen-bond acceptors (Lipinski definition) is 2.